The van der Waals surface area contributed by atoms with Gasteiger partial charge in [0.2, 0.25) is 0 Å². The number of halogens is 2. The molecule has 0 heterocycles. The maximum Gasteiger partial charge on any atom is 0.182 e. The Morgan fingerprint density at radius 2 is 1.95 bits per heavy atom. The molecule has 104 valence electrons. The Hall–Kier alpha value is -1.23. The molecule has 1 aromatic carbocycles. The van der Waals surface area contributed by atoms with E-state index in [1.807, 2.05) is 0 Å². The van der Waals surface area contributed by atoms with E-state index in [1.54, 1.807) is 0 Å². The minimum atomic E-state index is -0.974. The van der Waals surface area contributed by atoms with E-state index in [4.69, 9.17) is 5.73 Å². The van der Waals surface area contributed by atoms with Gasteiger partial charge in [0.1, 0.15) is 4.99 Å². The Labute approximate surface area is 117 Å². The summed E-state index contributed by atoms with van der Waals surface area (Å²) in [7, 11) is 0. The van der Waals surface area contributed by atoms with Crippen molar-refractivity contribution < 1.29 is 8.78 Å². The first-order chi connectivity index (χ1) is 9.09. The third-order valence-corrected chi connectivity index (χ3v) is 3.91. The molecule has 3 N–H and O–H groups in total. The van der Waals surface area contributed by atoms with Crippen LogP contribution in [-0.4, -0.2) is 11.5 Å². The van der Waals surface area contributed by atoms with Crippen molar-refractivity contribution in [2.24, 2.45) is 11.7 Å². The third-order valence-electron chi connectivity index (χ3n) is 3.69. The monoisotopic (exact) mass is 284 g/mol. The van der Waals surface area contributed by atoms with Gasteiger partial charge in [-0.2, -0.15) is 0 Å². The molecule has 0 aliphatic heterocycles. The molecule has 0 spiro atoms. The molecule has 0 saturated heterocycles. The van der Waals surface area contributed by atoms with E-state index >= 15 is 0 Å². The first-order valence-corrected chi connectivity index (χ1v) is 7.02. The molecule has 0 atom stereocenters. The fraction of sp³-hybridized carbons (Fsp3) is 0.500. The van der Waals surface area contributed by atoms with Gasteiger partial charge in [-0.05, 0) is 24.5 Å². The van der Waals surface area contributed by atoms with Crippen LogP contribution < -0.4 is 11.1 Å². The second kappa shape index (κ2) is 6.28. The molecule has 0 unspecified atom stereocenters. The molecule has 1 aromatic rings. The Bertz CT molecular complexity index is 471. The van der Waals surface area contributed by atoms with Gasteiger partial charge in [0.05, 0.1) is 5.69 Å². The van der Waals surface area contributed by atoms with Gasteiger partial charge in [-0.15, -0.1) is 0 Å². The molecule has 2 rings (SSSR count). The average Bonchev–Trinajstić information content (AvgIpc) is 2.87. The number of rotatable bonds is 5. The topological polar surface area (TPSA) is 38.0 Å². The van der Waals surface area contributed by atoms with E-state index in [0.717, 1.165) is 12.3 Å². The Kier molecular flexibility index (Phi) is 4.69. The van der Waals surface area contributed by atoms with Crippen LogP contribution in [0.3, 0.4) is 0 Å². The highest BCUT2D eigenvalue weighted by Gasteiger charge is 2.16. The number of nitrogens with one attached hydrogen (secondary N) is 1. The van der Waals surface area contributed by atoms with Crippen LogP contribution in [0.25, 0.3) is 0 Å². The Balaban J connectivity index is 1.96. The number of hydrogen-bond donors (Lipinski definition) is 2. The van der Waals surface area contributed by atoms with Gasteiger partial charge < -0.3 is 11.1 Å². The molecule has 0 aromatic heterocycles. The minimum Gasteiger partial charge on any atom is -0.389 e. The smallest absolute Gasteiger partial charge is 0.182 e. The fourth-order valence-corrected chi connectivity index (χ4v) is 2.74. The summed E-state index contributed by atoms with van der Waals surface area (Å²) in [6.07, 6.45) is 6.07. The second-order valence-electron chi connectivity index (χ2n) is 5.02. The zero-order chi connectivity index (χ0) is 13.8. The minimum absolute atomic E-state index is 0.0474. The van der Waals surface area contributed by atoms with Crippen LogP contribution >= 0.6 is 12.2 Å². The van der Waals surface area contributed by atoms with Crippen LogP contribution in [0.4, 0.5) is 14.5 Å². The van der Waals surface area contributed by atoms with Crippen LogP contribution in [0.1, 0.15) is 37.7 Å². The molecule has 1 aliphatic carbocycles. The van der Waals surface area contributed by atoms with Gasteiger partial charge in [0.25, 0.3) is 0 Å². The molecular weight excluding hydrogens is 266 g/mol. The number of thiocarbonyl (C=S) groups is 1. The van der Waals surface area contributed by atoms with E-state index < -0.39 is 11.6 Å². The number of hydrogen-bond acceptors (Lipinski definition) is 2. The lowest BCUT2D eigenvalue weighted by atomic mass is 10.0. The van der Waals surface area contributed by atoms with E-state index in [0.29, 0.717) is 6.54 Å². The number of benzene rings is 1. The SMILES string of the molecule is NC(=S)c1ccc(NCCC2CCCC2)c(F)c1F. The van der Waals surface area contributed by atoms with E-state index in [9.17, 15) is 8.78 Å². The van der Waals surface area contributed by atoms with Crippen LogP contribution in [0.2, 0.25) is 0 Å². The summed E-state index contributed by atoms with van der Waals surface area (Å²) in [4.78, 5) is -0.131. The highest BCUT2D eigenvalue weighted by atomic mass is 32.1. The van der Waals surface area contributed by atoms with Crippen molar-refractivity contribution in [3.63, 3.8) is 0 Å². The molecule has 1 fully saturated rings. The van der Waals surface area contributed by atoms with Gasteiger partial charge in [-0.1, -0.05) is 37.9 Å². The first kappa shape index (κ1) is 14.2. The fourth-order valence-electron chi connectivity index (χ4n) is 2.59. The van der Waals surface area contributed by atoms with E-state index in [1.165, 1.54) is 37.8 Å². The summed E-state index contributed by atoms with van der Waals surface area (Å²) in [6, 6.07) is 2.90. The van der Waals surface area contributed by atoms with Crippen LogP contribution in [0.15, 0.2) is 12.1 Å². The van der Waals surface area contributed by atoms with Crippen molar-refractivity contribution in [3.05, 3.63) is 29.3 Å². The summed E-state index contributed by atoms with van der Waals surface area (Å²) in [5, 5.41) is 2.95. The zero-order valence-corrected chi connectivity index (χ0v) is 11.5. The van der Waals surface area contributed by atoms with E-state index in [-0.39, 0.29) is 16.2 Å². The highest BCUT2D eigenvalue weighted by Crippen LogP contribution is 2.28. The maximum atomic E-state index is 13.8. The summed E-state index contributed by atoms with van der Waals surface area (Å²) in [5.74, 6) is -1.16. The molecule has 2 nitrogen and oxygen atoms in total. The quantitative estimate of drug-likeness (QED) is 0.811. The van der Waals surface area contributed by atoms with Crippen LogP contribution in [-0.2, 0) is 0 Å². The maximum absolute atomic E-state index is 13.8. The molecule has 1 aliphatic rings. The summed E-state index contributed by atoms with van der Waals surface area (Å²) in [6.45, 7) is 0.660. The van der Waals surface area contributed by atoms with Gasteiger partial charge in [0, 0.05) is 12.1 Å². The Morgan fingerprint density at radius 3 is 2.58 bits per heavy atom. The van der Waals surface area contributed by atoms with Crippen molar-refractivity contribution in [1.29, 1.82) is 0 Å². The predicted octanol–water partition coefficient (Wildman–Crippen LogP) is 3.59. The van der Waals surface area contributed by atoms with Crippen molar-refractivity contribution in [1.82, 2.24) is 0 Å². The summed E-state index contributed by atoms with van der Waals surface area (Å²) < 4.78 is 27.4. The largest absolute Gasteiger partial charge is 0.389 e. The van der Waals surface area contributed by atoms with Crippen LogP contribution in [0, 0.1) is 17.6 Å². The van der Waals surface area contributed by atoms with Crippen molar-refractivity contribution >= 4 is 22.9 Å². The van der Waals surface area contributed by atoms with Gasteiger partial charge in [0.15, 0.2) is 11.6 Å². The van der Waals surface area contributed by atoms with Gasteiger partial charge in [-0.3, -0.25) is 0 Å². The lowest BCUT2D eigenvalue weighted by Gasteiger charge is -2.12. The molecule has 5 heteroatoms. The molecule has 19 heavy (non-hydrogen) atoms. The second-order valence-corrected chi connectivity index (χ2v) is 5.46. The highest BCUT2D eigenvalue weighted by molar-refractivity contribution is 7.80. The summed E-state index contributed by atoms with van der Waals surface area (Å²) in [5.41, 5.74) is 5.45. The van der Waals surface area contributed by atoms with Crippen molar-refractivity contribution in [3.8, 4) is 0 Å². The van der Waals surface area contributed by atoms with Gasteiger partial charge in [-0.25, -0.2) is 8.78 Å². The lowest BCUT2D eigenvalue weighted by molar-refractivity contribution is 0.503. The van der Waals surface area contributed by atoms with E-state index in [2.05, 4.69) is 17.5 Å². The zero-order valence-electron chi connectivity index (χ0n) is 10.7. The summed E-state index contributed by atoms with van der Waals surface area (Å²) >= 11 is 4.66. The third kappa shape index (κ3) is 3.41. The molecule has 0 radical (unpaired) electrons. The molecule has 0 amide bonds. The molecular formula is C14H18F2N2S. The molecule has 0 bridgehead atoms. The number of nitrogens with two attached hydrogens (primary N) is 1. The van der Waals surface area contributed by atoms with Crippen LogP contribution in [0.5, 0.6) is 0 Å². The standard InChI is InChI=1S/C14H18F2N2S/c15-12-10(14(17)19)5-6-11(13(12)16)18-8-7-9-3-1-2-4-9/h5-6,9,18H,1-4,7-8H2,(H2,17,19). The number of anilines is 1. The molecule has 1 saturated carbocycles. The normalized spacial score (nSPS) is 15.7. The lowest BCUT2D eigenvalue weighted by Crippen LogP contribution is -2.14. The Morgan fingerprint density at radius 1 is 1.26 bits per heavy atom. The average molecular weight is 284 g/mol. The van der Waals surface area contributed by atoms with Gasteiger partial charge >= 0.3 is 0 Å². The predicted molar refractivity (Wildman–Crippen MR) is 77.3 cm³/mol. The van der Waals surface area contributed by atoms with Crippen molar-refractivity contribution in [2.45, 2.75) is 32.1 Å². The van der Waals surface area contributed by atoms with Crippen molar-refractivity contribution in [2.75, 3.05) is 11.9 Å². The first-order valence-electron chi connectivity index (χ1n) is 6.61.